The monoisotopic (exact) mass is 259 g/mol. The van der Waals surface area contributed by atoms with E-state index in [1.54, 1.807) is 20.8 Å². The third-order valence-electron chi connectivity index (χ3n) is 2.40. The van der Waals surface area contributed by atoms with Gasteiger partial charge in [-0.1, -0.05) is 13.8 Å². The molecule has 5 heteroatoms. The van der Waals surface area contributed by atoms with Gasteiger partial charge in [0.25, 0.3) is 0 Å². The van der Waals surface area contributed by atoms with Gasteiger partial charge in [0.15, 0.2) is 0 Å². The first kappa shape index (κ1) is 16.9. The smallest absolute Gasteiger partial charge is 0.323 e. The maximum absolute atomic E-state index is 11.8. The Morgan fingerprint density at radius 1 is 1.28 bits per heavy atom. The van der Waals surface area contributed by atoms with Crippen LogP contribution in [0.15, 0.2) is 0 Å². The molecule has 5 nitrogen and oxygen atoms in total. The van der Waals surface area contributed by atoms with Crippen LogP contribution in [0.3, 0.4) is 0 Å². The molecule has 0 spiro atoms. The highest BCUT2D eigenvalue weighted by Crippen LogP contribution is 2.20. The Balaban J connectivity index is 4.67. The van der Waals surface area contributed by atoms with E-state index in [0.717, 1.165) is 0 Å². The Morgan fingerprint density at radius 2 is 1.78 bits per heavy atom. The van der Waals surface area contributed by atoms with Gasteiger partial charge in [-0.25, -0.2) is 0 Å². The molecule has 18 heavy (non-hydrogen) atoms. The van der Waals surface area contributed by atoms with Gasteiger partial charge >= 0.3 is 11.9 Å². The summed E-state index contributed by atoms with van der Waals surface area (Å²) in [6.45, 7) is 9.21. The van der Waals surface area contributed by atoms with Crippen LogP contribution in [-0.2, 0) is 14.3 Å². The average molecular weight is 259 g/mol. The van der Waals surface area contributed by atoms with E-state index in [4.69, 9.17) is 15.6 Å². The average Bonchev–Trinajstić information content (AvgIpc) is 2.11. The Labute approximate surface area is 109 Å². The molecule has 0 saturated carbocycles. The Kier molecular flexibility index (Phi) is 6.32. The molecule has 0 aromatic carbocycles. The van der Waals surface area contributed by atoms with Crippen LogP contribution in [0.4, 0.5) is 0 Å². The molecule has 2 atom stereocenters. The zero-order valence-electron chi connectivity index (χ0n) is 11.9. The Hall–Kier alpha value is -1.10. The quantitative estimate of drug-likeness (QED) is 0.710. The van der Waals surface area contributed by atoms with Crippen LogP contribution < -0.4 is 5.73 Å². The number of aliphatic carboxylic acids is 1. The molecule has 0 heterocycles. The number of carboxylic acids is 1. The van der Waals surface area contributed by atoms with E-state index in [2.05, 4.69) is 0 Å². The van der Waals surface area contributed by atoms with Gasteiger partial charge in [0.1, 0.15) is 11.6 Å². The van der Waals surface area contributed by atoms with Crippen LogP contribution in [0.25, 0.3) is 0 Å². The maximum atomic E-state index is 11.8. The van der Waals surface area contributed by atoms with Crippen LogP contribution in [0.5, 0.6) is 0 Å². The predicted octanol–water partition coefficient (Wildman–Crippen LogP) is 1.79. The molecule has 0 aromatic rings. The molecule has 0 amide bonds. The summed E-state index contributed by atoms with van der Waals surface area (Å²) in [5.41, 5.74) is 5.22. The fraction of sp³-hybridized carbons (Fsp3) is 0.846. The molecular weight excluding hydrogens is 234 g/mol. The van der Waals surface area contributed by atoms with Crippen molar-refractivity contribution in [1.29, 1.82) is 0 Å². The number of rotatable bonds is 6. The van der Waals surface area contributed by atoms with E-state index in [1.165, 1.54) is 0 Å². The van der Waals surface area contributed by atoms with Crippen molar-refractivity contribution < 1.29 is 19.4 Å². The summed E-state index contributed by atoms with van der Waals surface area (Å²) in [7, 11) is 0. The number of esters is 1. The minimum atomic E-state index is -0.945. The highest BCUT2D eigenvalue weighted by Gasteiger charge is 2.30. The number of hydrogen-bond acceptors (Lipinski definition) is 4. The predicted molar refractivity (Wildman–Crippen MR) is 69.0 cm³/mol. The molecule has 0 aliphatic carbocycles. The molecule has 106 valence electrons. The summed E-state index contributed by atoms with van der Waals surface area (Å²) in [6, 6.07) is -0.886. The van der Waals surface area contributed by atoms with Gasteiger partial charge in [0.05, 0.1) is 6.42 Å². The van der Waals surface area contributed by atoms with E-state index < -0.39 is 29.5 Å². The number of hydrogen-bond donors (Lipinski definition) is 2. The van der Waals surface area contributed by atoms with Crippen molar-refractivity contribution in [3.05, 3.63) is 0 Å². The topological polar surface area (TPSA) is 89.6 Å². The molecule has 0 radical (unpaired) electrons. The van der Waals surface area contributed by atoms with Crippen LogP contribution in [0.1, 0.15) is 47.5 Å². The van der Waals surface area contributed by atoms with Crippen molar-refractivity contribution >= 4 is 11.9 Å². The van der Waals surface area contributed by atoms with Crippen molar-refractivity contribution in [2.75, 3.05) is 0 Å². The van der Waals surface area contributed by atoms with E-state index in [-0.39, 0.29) is 12.3 Å². The highest BCUT2D eigenvalue weighted by atomic mass is 16.6. The van der Waals surface area contributed by atoms with E-state index in [1.807, 2.05) is 13.8 Å². The lowest BCUT2D eigenvalue weighted by Crippen LogP contribution is -2.43. The molecule has 0 aliphatic heterocycles. The van der Waals surface area contributed by atoms with Gasteiger partial charge < -0.3 is 15.6 Å². The molecule has 0 saturated heterocycles. The number of carbonyl (C=O) groups is 2. The molecule has 0 bridgehead atoms. The third kappa shape index (κ3) is 7.27. The lowest BCUT2D eigenvalue weighted by molar-refractivity contribution is -0.158. The zero-order chi connectivity index (χ0) is 14.5. The first-order valence-electron chi connectivity index (χ1n) is 6.23. The fourth-order valence-corrected chi connectivity index (χ4v) is 1.75. The van der Waals surface area contributed by atoms with Gasteiger partial charge in [-0.15, -0.1) is 0 Å². The maximum Gasteiger partial charge on any atom is 0.323 e. The van der Waals surface area contributed by atoms with Crippen LogP contribution >= 0.6 is 0 Å². The first-order chi connectivity index (χ1) is 8.03. The summed E-state index contributed by atoms with van der Waals surface area (Å²) >= 11 is 0. The van der Waals surface area contributed by atoms with Gasteiger partial charge in [0.2, 0.25) is 0 Å². The fourth-order valence-electron chi connectivity index (χ4n) is 1.75. The minimum Gasteiger partial charge on any atom is -0.481 e. The van der Waals surface area contributed by atoms with E-state index in [0.29, 0.717) is 6.42 Å². The van der Waals surface area contributed by atoms with Crippen LogP contribution in [0, 0.1) is 11.8 Å². The Bertz CT molecular complexity index is 294. The second-order valence-corrected chi connectivity index (χ2v) is 6.05. The molecule has 0 fully saturated rings. The zero-order valence-corrected chi connectivity index (χ0v) is 11.9. The second-order valence-electron chi connectivity index (χ2n) is 6.05. The third-order valence-corrected chi connectivity index (χ3v) is 2.40. The normalized spacial score (nSPS) is 15.3. The molecular formula is C13H25NO4. The van der Waals surface area contributed by atoms with Gasteiger partial charge in [0, 0.05) is 0 Å². The molecule has 0 rings (SSSR count). The standard InChI is InChI=1S/C13H25NO4/c1-8(2)6-9(7-10(15)16)11(14)12(17)18-13(3,4)5/h8-9,11H,6-7,14H2,1-5H3,(H,15,16). The summed E-state index contributed by atoms with van der Waals surface area (Å²) in [5.74, 6) is -1.59. The van der Waals surface area contributed by atoms with Gasteiger partial charge in [-0.2, -0.15) is 0 Å². The highest BCUT2D eigenvalue weighted by molar-refractivity contribution is 5.77. The van der Waals surface area contributed by atoms with Crippen molar-refractivity contribution in [2.24, 2.45) is 17.6 Å². The first-order valence-corrected chi connectivity index (χ1v) is 6.23. The summed E-state index contributed by atoms with van der Waals surface area (Å²) in [6.07, 6.45) is 0.477. The molecule has 0 aromatic heterocycles. The summed E-state index contributed by atoms with van der Waals surface area (Å²) < 4.78 is 5.19. The molecule has 0 aliphatic rings. The van der Waals surface area contributed by atoms with Crippen LogP contribution in [-0.4, -0.2) is 28.7 Å². The van der Waals surface area contributed by atoms with Crippen molar-refractivity contribution in [3.63, 3.8) is 0 Å². The summed E-state index contributed by atoms with van der Waals surface area (Å²) in [4.78, 5) is 22.6. The lowest BCUT2D eigenvalue weighted by Gasteiger charge is -2.27. The minimum absolute atomic E-state index is 0.113. The van der Waals surface area contributed by atoms with E-state index in [9.17, 15) is 9.59 Å². The summed E-state index contributed by atoms with van der Waals surface area (Å²) in [5, 5.41) is 8.85. The van der Waals surface area contributed by atoms with Crippen molar-refractivity contribution in [1.82, 2.24) is 0 Å². The lowest BCUT2D eigenvalue weighted by atomic mass is 9.88. The Morgan fingerprint density at radius 3 is 2.11 bits per heavy atom. The van der Waals surface area contributed by atoms with E-state index >= 15 is 0 Å². The van der Waals surface area contributed by atoms with Crippen LogP contribution in [0.2, 0.25) is 0 Å². The van der Waals surface area contributed by atoms with Gasteiger partial charge in [-0.05, 0) is 39.0 Å². The van der Waals surface area contributed by atoms with Crippen molar-refractivity contribution in [3.8, 4) is 0 Å². The number of carbonyl (C=O) groups excluding carboxylic acids is 1. The number of carboxylic acid groups (broad SMARTS) is 1. The molecule has 2 unspecified atom stereocenters. The number of nitrogens with two attached hydrogens (primary N) is 1. The van der Waals surface area contributed by atoms with Gasteiger partial charge in [-0.3, -0.25) is 9.59 Å². The largest absolute Gasteiger partial charge is 0.481 e. The SMILES string of the molecule is CC(C)CC(CC(=O)O)C(N)C(=O)OC(C)(C)C. The second kappa shape index (κ2) is 6.73. The number of ether oxygens (including phenoxy) is 1. The molecule has 3 N–H and O–H groups in total. The van der Waals surface area contributed by atoms with Crippen molar-refractivity contribution in [2.45, 2.75) is 59.1 Å².